The minimum absolute atomic E-state index is 0.0280. The number of unbranched alkanes of at least 4 members (excludes halogenated alkanes) is 2. The fraction of sp³-hybridized carbons (Fsp3) is 0.733. The molecule has 0 amide bonds. The summed E-state index contributed by atoms with van der Waals surface area (Å²) in [5, 5.41) is 12.5. The molecule has 7 heteroatoms. The summed E-state index contributed by atoms with van der Waals surface area (Å²) in [6.07, 6.45) is 12.6. The first-order valence-electron chi connectivity index (χ1n) is 20.8. The van der Waals surface area contributed by atoms with Gasteiger partial charge in [-0.25, -0.2) is 8.42 Å². The lowest BCUT2D eigenvalue weighted by Crippen LogP contribution is -2.43. The van der Waals surface area contributed by atoms with Crippen molar-refractivity contribution >= 4 is 15.5 Å². The standard InChI is InChI=1S/C45H75NO5S/c1-11-16-27-45(28-17-12-2)33-52(48,49)41-26-23-38(46(9)10)31-40(41)42(43(45)47)37-21-24-39(25-22-37)51-44(7,8)29-30-50-32-34(6)19-20-36(15-5)35(14-4)18-13-3/h21-26,31,34-36,42-43,47H,11-20,27-30,32-33H2,1-10H3. The molecule has 0 fully saturated rings. The Morgan fingerprint density at radius 3 is 2.06 bits per heavy atom. The molecule has 1 N–H and O–H groups in total. The highest BCUT2D eigenvalue weighted by atomic mass is 32.2. The van der Waals surface area contributed by atoms with E-state index in [0.717, 1.165) is 67.5 Å². The fourth-order valence-corrected chi connectivity index (χ4v) is 10.8. The van der Waals surface area contributed by atoms with Crippen LogP contribution >= 0.6 is 0 Å². The van der Waals surface area contributed by atoms with E-state index in [4.69, 9.17) is 9.47 Å². The summed E-state index contributed by atoms with van der Waals surface area (Å²) in [4.78, 5) is 2.34. The molecule has 0 radical (unpaired) electrons. The lowest BCUT2D eigenvalue weighted by molar-refractivity contribution is 0.0126. The zero-order valence-electron chi connectivity index (χ0n) is 34.7. The number of sulfone groups is 1. The van der Waals surface area contributed by atoms with Crippen LogP contribution in [0.4, 0.5) is 5.69 Å². The van der Waals surface area contributed by atoms with Gasteiger partial charge >= 0.3 is 0 Å². The molecule has 1 aliphatic heterocycles. The molecule has 0 aliphatic carbocycles. The Morgan fingerprint density at radius 1 is 0.885 bits per heavy atom. The average molecular weight is 742 g/mol. The third-order valence-electron chi connectivity index (χ3n) is 11.9. The second kappa shape index (κ2) is 20.6. The number of rotatable bonds is 23. The smallest absolute Gasteiger partial charge is 0.179 e. The molecular weight excluding hydrogens is 667 g/mol. The van der Waals surface area contributed by atoms with Gasteiger partial charge in [-0.1, -0.05) is 105 Å². The van der Waals surface area contributed by atoms with Gasteiger partial charge in [0.2, 0.25) is 0 Å². The van der Waals surface area contributed by atoms with E-state index in [1.165, 1.54) is 38.5 Å². The van der Waals surface area contributed by atoms with Crippen molar-refractivity contribution in [1.29, 1.82) is 0 Å². The van der Waals surface area contributed by atoms with Crippen LogP contribution < -0.4 is 9.64 Å². The number of hydrogen-bond donors (Lipinski definition) is 1. The number of aliphatic hydroxyl groups excluding tert-OH is 1. The Hall–Kier alpha value is -2.09. The topological polar surface area (TPSA) is 76.1 Å². The van der Waals surface area contributed by atoms with Crippen LogP contribution in [0.5, 0.6) is 5.75 Å². The summed E-state index contributed by atoms with van der Waals surface area (Å²) >= 11 is 0. The normalized spacial score (nSPS) is 20.1. The maximum Gasteiger partial charge on any atom is 0.179 e. The van der Waals surface area contributed by atoms with Crippen LogP contribution in [0.15, 0.2) is 47.4 Å². The molecule has 5 atom stereocenters. The zero-order chi connectivity index (χ0) is 38.5. The van der Waals surface area contributed by atoms with Gasteiger partial charge in [-0.3, -0.25) is 0 Å². The van der Waals surface area contributed by atoms with Gasteiger partial charge in [0.25, 0.3) is 0 Å². The number of ether oxygens (including phenoxy) is 2. The predicted octanol–water partition coefficient (Wildman–Crippen LogP) is 11.2. The molecule has 0 bridgehead atoms. The van der Waals surface area contributed by atoms with E-state index in [1.54, 1.807) is 6.07 Å². The van der Waals surface area contributed by atoms with Gasteiger partial charge in [0.05, 0.1) is 23.4 Å². The van der Waals surface area contributed by atoms with Gasteiger partial charge in [-0.15, -0.1) is 0 Å². The van der Waals surface area contributed by atoms with Crippen molar-refractivity contribution in [2.45, 2.75) is 161 Å². The summed E-state index contributed by atoms with van der Waals surface area (Å²) in [7, 11) is 0.280. The number of nitrogens with zero attached hydrogens (tertiary/aromatic N) is 1. The lowest BCUT2D eigenvalue weighted by atomic mass is 9.68. The van der Waals surface area contributed by atoms with Crippen LogP contribution in [0.25, 0.3) is 0 Å². The Morgan fingerprint density at radius 2 is 1.50 bits per heavy atom. The van der Waals surface area contributed by atoms with Crippen molar-refractivity contribution < 1.29 is 23.0 Å². The van der Waals surface area contributed by atoms with Gasteiger partial charge in [-0.05, 0) is 98.7 Å². The van der Waals surface area contributed by atoms with E-state index in [1.807, 2.05) is 55.4 Å². The molecule has 52 heavy (non-hydrogen) atoms. The largest absolute Gasteiger partial charge is 0.488 e. The average Bonchev–Trinajstić information content (AvgIpc) is 3.18. The minimum Gasteiger partial charge on any atom is -0.488 e. The van der Waals surface area contributed by atoms with Crippen molar-refractivity contribution in [3.8, 4) is 5.75 Å². The van der Waals surface area contributed by atoms with Crippen LogP contribution in [0.2, 0.25) is 0 Å². The molecule has 6 nitrogen and oxygen atoms in total. The fourth-order valence-electron chi connectivity index (χ4n) is 8.60. The van der Waals surface area contributed by atoms with Gasteiger partial charge in [-0.2, -0.15) is 0 Å². The van der Waals surface area contributed by atoms with Crippen LogP contribution in [0, 0.1) is 23.2 Å². The molecule has 296 valence electrons. The molecule has 1 aliphatic rings. The van der Waals surface area contributed by atoms with Gasteiger partial charge in [0.1, 0.15) is 11.4 Å². The summed E-state index contributed by atoms with van der Waals surface area (Å²) in [5.41, 5.74) is 1.36. The first-order valence-corrected chi connectivity index (χ1v) is 22.4. The third-order valence-corrected chi connectivity index (χ3v) is 13.9. The molecule has 0 spiro atoms. The Labute approximate surface area is 319 Å². The van der Waals surface area contributed by atoms with Crippen LogP contribution in [-0.4, -0.2) is 58.3 Å². The Kier molecular flexibility index (Phi) is 17.5. The highest BCUT2D eigenvalue weighted by molar-refractivity contribution is 7.91. The molecule has 0 aromatic heterocycles. The van der Waals surface area contributed by atoms with E-state index in [9.17, 15) is 13.5 Å². The van der Waals surface area contributed by atoms with E-state index in [-0.39, 0.29) is 5.75 Å². The van der Waals surface area contributed by atoms with Crippen LogP contribution in [0.3, 0.4) is 0 Å². The molecule has 2 aromatic rings. The SMILES string of the molecule is CCCCC1(CCCC)CS(=O)(=O)c2ccc(N(C)C)cc2C(c2ccc(OC(C)(C)CCOCC(C)CCC(CC)C(CC)CCC)cc2)C1O. The molecule has 2 aromatic carbocycles. The highest BCUT2D eigenvalue weighted by Gasteiger charge is 2.49. The summed E-state index contributed by atoms with van der Waals surface area (Å²) in [5.74, 6) is 2.46. The number of aliphatic hydroxyl groups is 1. The Bertz CT molecular complexity index is 1430. The second-order valence-electron chi connectivity index (χ2n) is 16.9. The third kappa shape index (κ3) is 12.0. The maximum atomic E-state index is 14.2. The Balaban J connectivity index is 1.77. The van der Waals surface area contributed by atoms with Crippen molar-refractivity contribution in [2.75, 3.05) is 38.0 Å². The summed E-state index contributed by atoms with van der Waals surface area (Å²) in [6.45, 7) is 19.2. The van der Waals surface area contributed by atoms with Crippen LogP contribution in [0.1, 0.15) is 156 Å². The molecule has 3 rings (SSSR count). The van der Waals surface area contributed by atoms with E-state index in [2.05, 4.69) is 55.4 Å². The van der Waals surface area contributed by atoms with Gasteiger partial charge in [0.15, 0.2) is 9.84 Å². The maximum absolute atomic E-state index is 14.2. The monoisotopic (exact) mass is 742 g/mol. The van der Waals surface area contributed by atoms with Crippen molar-refractivity contribution in [3.63, 3.8) is 0 Å². The number of fused-ring (bicyclic) bond motifs is 1. The zero-order valence-corrected chi connectivity index (χ0v) is 35.5. The van der Waals surface area contributed by atoms with E-state index >= 15 is 0 Å². The van der Waals surface area contributed by atoms with Gasteiger partial charge in [0, 0.05) is 44.1 Å². The van der Waals surface area contributed by atoms with E-state index in [0.29, 0.717) is 35.8 Å². The number of anilines is 1. The van der Waals surface area contributed by atoms with Crippen molar-refractivity contribution in [2.24, 2.45) is 23.2 Å². The van der Waals surface area contributed by atoms with Gasteiger partial charge < -0.3 is 19.5 Å². The van der Waals surface area contributed by atoms with Crippen molar-refractivity contribution in [1.82, 2.24) is 0 Å². The summed E-state index contributed by atoms with van der Waals surface area (Å²) < 4.78 is 41.0. The quantitative estimate of drug-likeness (QED) is 0.114. The molecule has 1 heterocycles. The first-order chi connectivity index (χ1) is 24.7. The molecule has 0 saturated carbocycles. The van der Waals surface area contributed by atoms with Crippen LogP contribution in [-0.2, 0) is 14.6 Å². The first kappa shape index (κ1) is 44.3. The number of benzene rings is 2. The molecular formula is C45H75NO5S. The number of hydrogen-bond acceptors (Lipinski definition) is 6. The molecule has 0 saturated heterocycles. The second-order valence-corrected chi connectivity index (χ2v) is 18.9. The highest BCUT2D eigenvalue weighted by Crippen LogP contribution is 2.50. The lowest BCUT2D eigenvalue weighted by Gasteiger charge is -2.40. The summed E-state index contributed by atoms with van der Waals surface area (Å²) in [6, 6.07) is 13.6. The van der Waals surface area contributed by atoms with E-state index < -0.39 is 32.9 Å². The minimum atomic E-state index is -3.64. The van der Waals surface area contributed by atoms with Crippen molar-refractivity contribution in [3.05, 3.63) is 53.6 Å². The predicted molar refractivity (Wildman–Crippen MR) is 220 cm³/mol. The molecule has 5 unspecified atom stereocenters.